The largest absolute Gasteiger partial charge is 0.341 e. The van der Waals surface area contributed by atoms with E-state index in [0.29, 0.717) is 23.3 Å². The molecule has 0 N–H and O–H groups in total. The molecular weight excluding hydrogens is 300 g/mol. The number of carbonyl (C=O) groups is 1. The smallest absolute Gasteiger partial charge is 0.279 e. The van der Waals surface area contributed by atoms with Gasteiger partial charge in [-0.1, -0.05) is 19.1 Å². The fourth-order valence-corrected chi connectivity index (χ4v) is 3.39. The molecule has 0 fully saturated rings. The lowest BCUT2D eigenvalue weighted by atomic mass is 10.2. The lowest BCUT2D eigenvalue weighted by Crippen LogP contribution is -2.38. The molecule has 1 amide bonds. The molecule has 0 aromatic carbocycles. The molecule has 2 aromatic heterocycles. The SMILES string of the molecule is CCCN(CCC)C(=O)Cn1nnc2sc(C)c(C)c2c1=O. The minimum Gasteiger partial charge on any atom is -0.341 e. The number of fused-ring (bicyclic) bond motifs is 1. The zero-order valence-corrected chi connectivity index (χ0v) is 14.4. The minimum absolute atomic E-state index is 0.0455. The van der Waals surface area contributed by atoms with Crippen LogP contribution in [0.4, 0.5) is 0 Å². The third-order valence-corrected chi connectivity index (χ3v) is 4.77. The molecule has 2 aromatic rings. The van der Waals surface area contributed by atoms with Gasteiger partial charge in [0.1, 0.15) is 6.54 Å². The molecule has 0 saturated heterocycles. The molecule has 0 bridgehead atoms. The fourth-order valence-electron chi connectivity index (χ4n) is 2.43. The Morgan fingerprint density at radius 2 is 1.86 bits per heavy atom. The van der Waals surface area contributed by atoms with E-state index >= 15 is 0 Å². The van der Waals surface area contributed by atoms with Crippen LogP contribution in [-0.4, -0.2) is 38.9 Å². The quantitative estimate of drug-likeness (QED) is 0.817. The van der Waals surface area contributed by atoms with E-state index in [1.807, 2.05) is 27.7 Å². The second kappa shape index (κ2) is 7.00. The highest BCUT2D eigenvalue weighted by Crippen LogP contribution is 2.24. The number of hydrogen-bond donors (Lipinski definition) is 0. The Labute approximate surface area is 133 Å². The van der Waals surface area contributed by atoms with Gasteiger partial charge in [-0.05, 0) is 32.3 Å². The highest BCUT2D eigenvalue weighted by molar-refractivity contribution is 7.18. The van der Waals surface area contributed by atoms with E-state index in [2.05, 4.69) is 10.3 Å². The van der Waals surface area contributed by atoms with Crippen molar-refractivity contribution in [3.63, 3.8) is 0 Å². The minimum atomic E-state index is -0.229. The van der Waals surface area contributed by atoms with Gasteiger partial charge in [0.15, 0.2) is 4.83 Å². The predicted molar refractivity (Wildman–Crippen MR) is 88.3 cm³/mol. The zero-order chi connectivity index (χ0) is 16.3. The number of aromatic nitrogens is 3. The van der Waals surface area contributed by atoms with Crippen molar-refractivity contribution >= 4 is 27.5 Å². The first-order chi connectivity index (χ1) is 10.5. The fraction of sp³-hybridized carbons (Fsp3) is 0.600. The maximum Gasteiger partial charge on any atom is 0.279 e. The molecule has 120 valence electrons. The molecular formula is C15H22N4O2S. The molecule has 6 nitrogen and oxygen atoms in total. The van der Waals surface area contributed by atoms with Crippen LogP contribution >= 0.6 is 11.3 Å². The first-order valence-corrected chi connectivity index (χ1v) is 8.42. The van der Waals surface area contributed by atoms with Gasteiger partial charge in [-0.3, -0.25) is 9.59 Å². The van der Waals surface area contributed by atoms with Crippen LogP contribution < -0.4 is 5.56 Å². The average Bonchev–Trinajstić information content (AvgIpc) is 2.77. The average molecular weight is 322 g/mol. The third kappa shape index (κ3) is 3.19. The molecule has 0 saturated carbocycles. The molecule has 7 heteroatoms. The topological polar surface area (TPSA) is 68.1 Å². The zero-order valence-electron chi connectivity index (χ0n) is 13.5. The lowest BCUT2D eigenvalue weighted by molar-refractivity contribution is -0.132. The number of rotatable bonds is 6. The van der Waals surface area contributed by atoms with Crippen molar-refractivity contribution in [1.82, 2.24) is 19.9 Å². The van der Waals surface area contributed by atoms with E-state index in [1.165, 1.54) is 16.0 Å². The summed E-state index contributed by atoms with van der Waals surface area (Å²) in [5.41, 5.74) is 0.702. The van der Waals surface area contributed by atoms with E-state index < -0.39 is 0 Å². The van der Waals surface area contributed by atoms with Gasteiger partial charge in [0.25, 0.3) is 5.56 Å². The van der Waals surface area contributed by atoms with Gasteiger partial charge in [-0.15, -0.1) is 16.4 Å². The Kier molecular flexibility index (Phi) is 5.28. The van der Waals surface area contributed by atoms with Gasteiger partial charge >= 0.3 is 0 Å². The van der Waals surface area contributed by atoms with Gasteiger partial charge in [-0.2, -0.15) is 0 Å². The maximum absolute atomic E-state index is 12.5. The normalized spacial score (nSPS) is 11.1. The second-order valence-electron chi connectivity index (χ2n) is 5.40. The van der Waals surface area contributed by atoms with Crippen LogP contribution in [0.3, 0.4) is 0 Å². The number of thiophene rings is 1. The molecule has 0 unspecified atom stereocenters. The molecule has 0 atom stereocenters. The summed E-state index contributed by atoms with van der Waals surface area (Å²) in [6.07, 6.45) is 1.79. The van der Waals surface area contributed by atoms with Crippen LogP contribution in [-0.2, 0) is 11.3 Å². The number of amides is 1. The molecule has 0 aliphatic heterocycles. The Morgan fingerprint density at radius 3 is 2.45 bits per heavy atom. The summed E-state index contributed by atoms with van der Waals surface area (Å²) in [5.74, 6) is -0.0796. The van der Waals surface area contributed by atoms with Crippen molar-refractivity contribution in [2.45, 2.75) is 47.1 Å². The van der Waals surface area contributed by atoms with Gasteiger partial charge in [0.05, 0.1) is 5.39 Å². The first-order valence-electron chi connectivity index (χ1n) is 7.60. The van der Waals surface area contributed by atoms with Crippen molar-refractivity contribution in [1.29, 1.82) is 0 Å². The first kappa shape index (κ1) is 16.6. The van der Waals surface area contributed by atoms with E-state index in [9.17, 15) is 9.59 Å². The maximum atomic E-state index is 12.5. The van der Waals surface area contributed by atoms with Crippen molar-refractivity contribution in [3.8, 4) is 0 Å². The van der Waals surface area contributed by atoms with Crippen molar-refractivity contribution in [2.24, 2.45) is 0 Å². The van der Waals surface area contributed by atoms with Crippen LogP contribution in [0.25, 0.3) is 10.2 Å². The number of nitrogens with zero attached hydrogens (tertiary/aromatic N) is 4. The standard InChI is InChI=1S/C15H22N4O2S/c1-5-7-18(8-6-2)12(20)9-19-15(21)13-10(3)11(4)22-14(13)16-17-19/h5-9H2,1-4H3. The third-order valence-electron chi connectivity index (χ3n) is 3.68. The van der Waals surface area contributed by atoms with E-state index in [0.717, 1.165) is 23.3 Å². The van der Waals surface area contributed by atoms with E-state index in [4.69, 9.17) is 0 Å². The molecule has 22 heavy (non-hydrogen) atoms. The Hall–Kier alpha value is -1.76. The predicted octanol–water partition coefficient (Wildman–Crippen LogP) is 2.12. The van der Waals surface area contributed by atoms with Crippen molar-refractivity contribution in [3.05, 3.63) is 20.8 Å². The summed E-state index contributed by atoms with van der Waals surface area (Å²) in [4.78, 5) is 28.4. The molecule has 0 spiro atoms. The molecule has 2 heterocycles. The Morgan fingerprint density at radius 1 is 1.23 bits per heavy atom. The second-order valence-corrected chi connectivity index (χ2v) is 6.60. The van der Waals surface area contributed by atoms with Crippen LogP contribution in [0.2, 0.25) is 0 Å². The van der Waals surface area contributed by atoms with Crippen LogP contribution in [0, 0.1) is 13.8 Å². The number of carbonyl (C=O) groups excluding carboxylic acids is 1. The van der Waals surface area contributed by atoms with Crippen molar-refractivity contribution in [2.75, 3.05) is 13.1 Å². The van der Waals surface area contributed by atoms with Gasteiger partial charge in [0, 0.05) is 18.0 Å². The Bertz CT molecular complexity index is 729. The lowest BCUT2D eigenvalue weighted by Gasteiger charge is -2.21. The highest BCUT2D eigenvalue weighted by Gasteiger charge is 2.17. The molecule has 0 aliphatic rings. The van der Waals surface area contributed by atoms with Gasteiger partial charge in [0.2, 0.25) is 5.91 Å². The highest BCUT2D eigenvalue weighted by atomic mass is 32.1. The molecule has 2 rings (SSSR count). The summed E-state index contributed by atoms with van der Waals surface area (Å²) < 4.78 is 1.18. The van der Waals surface area contributed by atoms with Crippen molar-refractivity contribution < 1.29 is 4.79 Å². The van der Waals surface area contributed by atoms with Crippen LogP contribution in [0.1, 0.15) is 37.1 Å². The van der Waals surface area contributed by atoms with Crippen LogP contribution in [0.5, 0.6) is 0 Å². The van der Waals surface area contributed by atoms with Crippen LogP contribution in [0.15, 0.2) is 4.79 Å². The van der Waals surface area contributed by atoms with Gasteiger partial charge in [-0.25, -0.2) is 4.68 Å². The summed E-state index contributed by atoms with van der Waals surface area (Å²) in [6.45, 7) is 9.29. The summed E-state index contributed by atoms with van der Waals surface area (Å²) in [7, 11) is 0. The Balaban J connectivity index is 2.31. The molecule has 0 radical (unpaired) electrons. The summed E-state index contributed by atoms with van der Waals surface area (Å²) >= 11 is 1.46. The summed E-state index contributed by atoms with van der Waals surface area (Å²) in [5, 5.41) is 8.60. The van der Waals surface area contributed by atoms with E-state index in [-0.39, 0.29) is 18.0 Å². The summed E-state index contributed by atoms with van der Waals surface area (Å²) in [6, 6.07) is 0. The number of hydrogen-bond acceptors (Lipinski definition) is 5. The molecule has 0 aliphatic carbocycles. The monoisotopic (exact) mass is 322 g/mol. The number of aryl methyl sites for hydroxylation is 2. The van der Waals surface area contributed by atoms with Gasteiger partial charge < -0.3 is 4.90 Å². The van der Waals surface area contributed by atoms with E-state index in [1.54, 1.807) is 4.90 Å².